The molecule has 1 aliphatic rings. The summed E-state index contributed by atoms with van der Waals surface area (Å²) in [4.78, 5) is 2.53. The quantitative estimate of drug-likeness (QED) is 0.870. The average molecular weight is 252 g/mol. The Morgan fingerprint density at radius 2 is 2.17 bits per heavy atom. The molecule has 2 rings (SSSR count). The topological polar surface area (TPSA) is 37.6 Å². The number of hydrogen-bond donors (Lipinski definition) is 1. The molecule has 1 fully saturated rings. The van der Waals surface area contributed by atoms with E-state index in [9.17, 15) is 0 Å². The van der Waals surface area contributed by atoms with Gasteiger partial charge in [-0.15, -0.1) is 0 Å². The number of rotatable bonds is 5. The van der Waals surface area contributed by atoms with Gasteiger partial charge >= 0.3 is 0 Å². The third-order valence-corrected chi connectivity index (χ3v) is 4.24. The highest BCUT2D eigenvalue weighted by Gasteiger charge is 2.39. The van der Waals surface area contributed by atoms with Crippen LogP contribution in [0, 0.1) is 0 Å². The fourth-order valence-corrected chi connectivity index (χ4v) is 2.96. The van der Waals surface area contributed by atoms with Crippen LogP contribution in [0.15, 0.2) is 23.0 Å². The molecule has 2 heterocycles. The minimum absolute atomic E-state index is 0.0857. The first kappa shape index (κ1) is 13.6. The van der Waals surface area contributed by atoms with Gasteiger partial charge in [-0.3, -0.25) is 4.90 Å². The van der Waals surface area contributed by atoms with E-state index in [1.54, 1.807) is 6.26 Å². The van der Waals surface area contributed by atoms with Crippen LogP contribution in [0.5, 0.6) is 0 Å². The van der Waals surface area contributed by atoms with Crippen LogP contribution in [-0.4, -0.2) is 43.8 Å². The fourth-order valence-electron chi connectivity index (χ4n) is 2.96. The van der Waals surface area contributed by atoms with Crippen molar-refractivity contribution < 1.29 is 9.15 Å². The third kappa shape index (κ3) is 2.46. The molecule has 0 bridgehead atoms. The Bertz CT molecular complexity index is 347. The summed E-state index contributed by atoms with van der Waals surface area (Å²) in [5.74, 6) is 0. The Morgan fingerprint density at radius 3 is 2.67 bits per heavy atom. The highest BCUT2D eigenvalue weighted by Crippen LogP contribution is 2.34. The molecule has 4 heteroatoms. The lowest BCUT2D eigenvalue weighted by atomic mass is 9.83. The first-order valence-electron chi connectivity index (χ1n) is 6.74. The first-order chi connectivity index (χ1) is 8.72. The fraction of sp³-hybridized carbons (Fsp3) is 0.714. The summed E-state index contributed by atoms with van der Waals surface area (Å²) in [7, 11) is 2.02. The standard InChI is InChI=1S/C14H24N2O2/c1-4-14(2,16-6-9-17-10-7-16)13(15-3)12-5-8-18-11-12/h5,8,11,13,15H,4,6-7,9-10H2,1-3H3. The summed E-state index contributed by atoms with van der Waals surface area (Å²) in [6.07, 6.45) is 4.67. The van der Waals surface area contributed by atoms with E-state index < -0.39 is 0 Å². The number of ether oxygens (including phenoxy) is 1. The number of nitrogens with zero attached hydrogens (tertiary/aromatic N) is 1. The van der Waals surface area contributed by atoms with E-state index in [1.165, 1.54) is 5.56 Å². The van der Waals surface area contributed by atoms with Crippen LogP contribution in [0.2, 0.25) is 0 Å². The maximum atomic E-state index is 5.46. The number of hydrogen-bond acceptors (Lipinski definition) is 4. The van der Waals surface area contributed by atoms with Crippen molar-refractivity contribution in [3.63, 3.8) is 0 Å². The SMILES string of the molecule is CCC(C)(C(NC)c1ccoc1)N1CCOCC1. The summed E-state index contributed by atoms with van der Waals surface area (Å²) < 4.78 is 10.7. The lowest BCUT2D eigenvalue weighted by Crippen LogP contribution is -2.57. The van der Waals surface area contributed by atoms with Gasteiger partial charge in [-0.05, 0) is 26.5 Å². The van der Waals surface area contributed by atoms with E-state index in [-0.39, 0.29) is 11.6 Å². The van der Waals surface area contributed by atoms with E-state index in [1.807, 2.05) is 13.3 Å². The van der Waals surface area contributed by atoms with Gasteiger partial charge in [0, 0.05) is 24.2 Å². The van der Waals surface area contributed by atoms with Crippen LogP contribution in [0.4, 0.5) is 0 Å². The Morgan fingerprint density at radius 1 is 1.44 bits per heavy atom. The van der Waals surface area contributed by atoms with Gasteiger partial charge in [0.05, 0.1) is 31.8 Å². The molecule has 1 aliphatic heterocycles. The van der Waals surface area contributed by atoms with Crippen molar-refractivity contribution in [2.45, 2.75) is 31.8 Å². The number of furan rings is 1. The monoisotopic (exact) mass is 252 g/mol. The molecule has 4 nitrogen and oxygen atoms in total. The van der Waals surface area contributed by atoms with Crippen LogP contribution in [-0.2, 0) is 4.74 Å². The summed E-state index contributed by atoms with van der Waals surface area (Å²) >= 11 is 0. The molecule has 1 aromatic heterocycles. The molecule has 18 heavy (non-hydrogen) atoms. The molecule has 0 amide bonds. The van der Waals surface area contributed by atoms with Gasteiger partial charge < -0.3 is 14.5 Å². The number of likely N-dealkylation sites (N-methyl/N-ethyl adjacent to an activating group) is 1. The molecule has 1 N–H and O–H groups in total. The molecule has 1 saturated heterocycles. The van der Waals surface area contributed by atoms with E-state index >= 15 is 0 Å². The molecule has 0 spiro atoms. The van der Waals surface area contributed by atoms with Crippen LogP contribution in [0.1, 0.15) is 31.9 Å². The lowest BCUT2D eigenvalue weighted by molar-refractivity contribution is -0.0320. The van der Waals surface area contributed by atoms with Crippen molar-refractivity contribution in [1.29, 1.82) is 0 Å². The van der Waals surface area contributed by atoms with Crippen molar-refractivity contribution >= 4 is 0 Å². The first-order valence-corrected chi connectivity index (χ1v) is 6.74. The van der Waals surface area contributed by atoms with Gasteiger partial charge in [-0.2, -0.15) is 0 Å². The lowest BCUT2D eigenvalue weighted by Gasteiger charge is -2.47. The predicted octanol–water partition coefficient (Wildman–Crippen LogP) is 2.04. The summed E-state index contributed by atoms with van der Waals surface area (Å²) in [5, 5.41) is 3.45. The van der Waals surface area contributed by atoms with Crippen molar-refractivity contribution in [3.05, 3.63) is 24.2 Å². The van der Waals surface area contributed by atoms with E-state index in [0.29, 0.717) is 0 Å². The molecule has 0 aromatic carbocycles. The van der Waals surface area contributed by atoms with Crippen LogP contribution in [0.25, 0.3) is 0 Å². The summed E-state index contributed by atoms with van der Waals surface area (Å²) in [6.45, 7) is 8.24. The molecular formula is C14H24N2O2. The van der Waals surface area contributed by atoms with Gasteiger partial charge in [0.25, 0.3) is 0 Å². The highest BCUT2D eigenvalue weighted by molar-refractivity contribution is 5.18. The van der Waals surface area contributed by atoms with Crippen molar-refractivity contribution in [1.82, 2.24) is 10.2 Å². The maximum Gasteiger partial charge on any atom is 0.0951 e. The maximum absolute atomic E-state index is 5.46. The molecule has 0 saturated carbocycles. The number of morpholine rings is 1. The Labute approximate surface area is 109 Å². The second kappa shape index (κ2) is 5.87. The smallest absolute Gasteiger partial charge is 0.0951 e. The summed E-state index contributed by atoms with van der Waals surface area (Å²) in [6, 6.07) is 2.33. The Hall–Kier alpha value is -0.840. The zero-order valence-electron chi connectivity index (χ0n) is 11.6. The van der Waals surface area contributed by atoms with Crippen LogP contribution >= 0.6 is 0 Å². The Balaban J connectivity index is 2.23. The molecule has 102 valence electrons. The van der Waals surface area contributed by atoms with Gasteiger partial charge in [0.15, 0.2) is 0 Å². The van der Waals surface area contributed by atoms with Crippen molar-refractivity contribution in [3.8, 4) is 0 Å². The molecule has 2 atom stereocenters. The second-order valence-corrected chi connectivity index (χ2v) is 5.09. The predicted molar refractivity (Wildman–Crippen MR) is 71.6 cm³/mol. The van der Waals surface area contributed by atoms with Gasteiger partial charge in [0.2, 0.25) is 0 Å². The third-order valence-electron chi connectivity index (χ3n) is 4.24. The van der Waals surface area contributed by atoms with E-state index in [2.05, 4.69) is 30.1 Å². The molecule has 0 aliphatic carbocycles. The molecular weight excluding hydrogens is 228 g/mol. The van der Waals surface area contributed by atoms with E-state index in [0.717, 1.165) is 32.7 Å². The molecule has 1 aromatic rings. The zero-order chi connectivity index (χ0) is 13.0. The highest BCUT2D eigenvalue weighted by atomic mass is 16.5. The molecule has 0 radical (unpaired) electrons. The van der Waals surface area contributed by atoms with Gasteiger partial charge in [-0.1, -0.05) is 6.92 Å². The molecule has 2 unspecified atom stereocenters. The zero-order valence-corrected chi connectivity index (χ0v) is 11.6. The van der Waals surface area contributed by atoms with Gasteiger partial charge in [0.1, 0.15) is 0 Å². The average Bonchev–Trinajstić information content (AvgIpc) is 2.94. The van der Waals surface area contributed by atoms with Crippen molar-refractivity contribution in [2.24, 2.45) is 0 Å². The Kier molecular flexibility index (Phi) is 4.43. The largest absolute Gasteiger partial charge is 0.472 e. The van der Waals surface area contributed by atoms with Crippen LogP contribution in [0.3, 0.4) is 0 Å². The number of nitrogens with one attached hydrogen (secondary N) is 1. The minimum atomic E-state index is 0.0857. The second-order valence-electron chi connectivity index (χ2n) is 5.09. The van der Waals surface area contributed by atoms with E-state index in [4.69, 9.17) is 9.15 Å². The van der Waals surface area contributed by atoms with Crippen molar-refractivity contribution in [2.75, 3.05) is 33.4 Å². The summed E-state index contributed by atoms with van der Waals surface area (Å²) in [5.41, 5.74) is 1.30. The van der Waals surface area contributed by atoms with Crippen LogP contribution < -0.4 is 5.32 Å². The minimum Gasteiger partial charge on any atom is -0.472 e. The normalized spacial score (nSPS) is 22.6. The van der Waals surface area contributed by atoms with Gasteiger partial charge in [-0.25, -0.2) is 0 Å².